The van der Waals surface area contributed by atoms with E-state index in [0.717, 1.165) is 33.3 Å². The summed E-state index contributed by atoms with van der Waals surface area (Å²) >= 11 is 11.5. The molecular weight excluding hydrogens is 240 g/mol. The van der Waals surface area contributed by atoms with E-state index in [1.807, 2.05) is 12.1 Å². The molecule has 1 aliphatic rings. The minimum absolute atomic E-state index is 0.744. The molecule has 3 rings (SSSR count). The van der Waals surface area contributed by atoms with Gasteiger partial charge >= 0.3 is 0 Å². The number of aromatic nitrogens is 2. The molecule has 0 aliphatic heterocycles. The molecule has 16 heavy (non-hydrogen) atoms. The van der Waals surface area contributed by atoms with Crippen molar-refractivity contribution >= 4 is 34.9 Å². The molecule has 2 nitrogen and oxygen atoms in total. The maximum Gasteiger partial charge on any atom is 0.178 e. The highest BCUT2D eigenvalue weighted by Gasteiger charge is 2.21. The number of hydrogen-bond acceptors (Lipinski definition) is 1. The Kier molecular flexibility index (Phi) is 2.52. The average molecular weight is 253 g/mol. The van der Waals surface area contributed by atoms with Crippen molar-refractivity contribution in [3.8, 4) is 0 Å². The number of rotatable bonds is 3. The fourth-order valence-corrected chi connectivity index (χ4v) is 2.59. The highest BCUT2D eigenvalue weighted by Crippen LogP contribution is 2.33. The van der Waals surface area contributed by atoms with E-state index in [0.29, 0.717) is 0 Å². The predicted octanol–water partition coefficient (Wildman–Crippen LogP) is 4.15. The molecule has 0 atom stereocenters. The highest BCUT2D eigenvalue weighted by atomic mass is 35.5. The Labute approximate surface area is 104 Å². The Morgan fingerprint density at radius 2 is 2.25 bits per heavy atom. The lowest BCUT2D eigenvalue weighted by atomic mass is 10.3. The quantitative estimate of drug-likeness (QED) is 0.814. The number of nitrogens with one attached hydrogen (secondary N) is 1. The second-order valence-electron chi connectivity index (χ2n) is 4.45. The van der Waals surface area contributed by atoms with Crippen LogP contribution in [0.25, 0.3) is 11.0 Å². The van der Waals surface area contributed by atoms with E-state index in [-0.39, 0.29) is 0 Å². The van der Waals surface area contributed by atoms with Gasteiger partial charge in [-0.1, -0.05) is 30.5 Å². The van der Waals surface area contributed by atoms with E-state index in [2.05, 4.69) is 15.6 Å². The first kappa shape index (κ1) is 10.4. The number of nitrogens with zero attached hydrogens (tertiary/aromatic N) is 1. The molecule has 4 heteroatoms. The zero-order valence-electron chi connectivity index (χ0n) is 8.87. The Balaban J connectivity index is 2.04. The molecule has 1 N–H and O–H groups in total. The van der Waals surface area contributed by atoms with Gasteiger partial charge in [0.2, 0.25) is 0 Å². The number of fused-ring (bicyclic) bond motifs is 1. The summed E-state index contributed by atoms with van der Waals surface area (Å²) in [5.74, 6) is 0.922. The molecular formula is C12H13ClN2S. The summed E-state index contributed by atoms with van der Waals surface area (Å²) in [4.78, 5) is 3.19. The molecule has 0 bridgehead atoms. The second-order valence-corrected chi connectivity index (χ2v) is 5.24. The smallest absolute Gasteiger partial charge is 0.178 e. The van der Waals surface area contributed by atoms with Gasteiger partial charge in [0.25, 0.3) is 0 Å². The number of H-pyrrole nitrogens is 1. The van der Waals surface area contributed by atoms with Crippen LogP contribution in [0.4, 0.5) is 0 Å². The lowest BCUT2D eigenvalue weighted by Gasteiger charge is -2.03. The van der Waals surface area contributed by atoms with E-state index in [1.165, 1.54) is 19.3 Å². The summed E-state index contributed by atoms with van der Waals surface area (Å²) in [6.07, 6.45) is 4.00. The molecule has 0 unspecified atom stereocenters. The van der Waals surface area contributed by atoms with Crippen molar-refractivity contribution in [1.82, 2.24) is 9.55 Å². The summed E-state index contributed by atoms with van der Waals surface area (Å²) in [5.41, 5.74) is 2.09. The van der Waals surface area contributed by atoms with Crippen LogP contribution in [0.5, 0.6) is 0 Å². The van der Waals surface area contributed by atoms with Crippen LogP contribution in [0.1, 0.15) is 19.3 Å². The van der Waals surface area contributed by atoms with Crippen LogP contribution in [0.3, 0.4) is 0 Å². The molecule has 0 radical (unpaired) electrons. The molecule has 1 aliphatic carbocycles. The van der Waals surface area contributed by atoms with Crippen molar-refractivity contribution in [2.75, 3.05) is 0 Å². The van der Waals surface area contributed by atoms with Crippen LogP contribution in [-0.4, -0.2) is 9.55 Å². The van der Waals surface area contributed by atoms with Gasteiger partial charge < -0.3 is 9.55 Å². The van der Waals surface area contributed by atoms with Gasteiger partial charge in [0.05, 0.1) is 16.1 Å². The number of aromatic amines is 1. The van der Waals surface area contributed by atoms with E-state index in [1.54, 1.807) is 0 Å². The van der Waals surface area contributed by atoms with Gasteiger partial charge in [0.15, 0.2) is 4.77 Å². The number of para-hydroxylation sites is 1. The molecule has 0 amide bonds. The minimum Gasteiger partial charge on any atom is -0.329 e. The molecule has 0 saturated heterocycles. The molecule has 0 spiro atoms. The Bertz CT molecular complexity index is 580. The van der Waals surface area contributed by atoms with Gasteiger partial charge in [-0.3, -0.25) is 0 Å². The van der Waals surface area contributed by atoms with Crippen LogP contribution >= 0.6 is 23.8 Å². The van der Waals surface area contributed by atoms with Crippen molar-refractivity contribution in [2.45, 2.75) is 25.8 Å². The lowest BCUT2D eigenvalue weighted by Crippen LogP contribution is -1.98. The first-order valence-electron chi connectivity index (χ1n) is 5.63. The highest BCUT2D eigenvalue weighted by molar-refractivity contribution is 7.71. The number of imidazole rings is 1. The first-order chi connectivity index (χ1) is 7.75. The number of hydrogen-bond donors (Lipinski definition) is 1. The molecule has 1 saturated carbocycles. The molecule has 84 valence electrons. The third-order valence-corrected chi connectivity index (χ3v) is 3.85. The molecule has 2 aromatic rings. The van der Waals surface area contributed by atoms with E-state index >= 15 is 0 Å². The SMILES string of the molecule is S=c1[nH]c2c(Cl)cccc2n1CCC1CC1. The Morgan fingerprint density at radius 1 is 1.44 bits per heavy atom. The predicted molar refractivity (Wildman–Crippen MR) is 69.5 cm³/mol. The third-order valence-electron chi connectivity index (χ3n) is 3.22. The Morgan fingerprint density at radius 3 is 3.00 bits per heavy atom. The van der Waals surface area contributed by atoms with Crippen molar-refractivity contribution in [3.63, 3.8) is 0 Å². The average Bonchev–Trinajstić information content (AvgIpc) is 3.02. The van der Waals surface area contributed by atoms with Gasteiger partial charge in [-0.15, -0.1) is 0 Å². The zero-order chi connectivity index (χ0) is 11.1. The largest absolute Gasteiger partial charge is 0.329 e. The molecule has 1 fully saturated rings. The fraction of sp³-hybridized carbons (Fsp3) is 0.417. The van der Waals surface area contributed by atoms with Crippen molar-refractivity contribution in [3.05, 3.63) is 28.0 Å². The summed E-state index contributed by atoms with van der Waals surface area (Å²) in [6.45, 7) is 1.00. The topological polar surface area (TPSA) is 20.7 Å². The molecule has 1 aromatic heterocycles. The third kappa shape index (κ3) is 1.78. The number of benzene rings is 1. The van der Waals surface area contributed by atoms with Crippen molar-refractivity contribution < 1.29 is 0 Å². The first-order valence-corrected chi connectivity index (χ1v) is 6.41. The van der Waals surface area contributed by atoms with Crippen LogP contribution in [0.15, 0.2) is 18.2 Å². The van der Waals surface area contributed by atoms with Gasteiger partial charge in [0, 0.05) is 6.54 Å². The van der Waals surface area contributed by atoms with Crippen LogP contribution in [-0.2, 0) is 6.54 Å². The van der Waals surface area contributed by atoms with Gasteiger partial charge in [0.1, 0.15) is 0 Å². The standard InChI is InChI=1S/C12H13ClN2S/c13-9-2-1-3-10-11(9)14-12(16)15(10)7-6-8-4-5-8/h1-3,8H,4-7H2,(H,14,16). The fourth-order valence-electron chi connectivity index (χ4n) is 2.09. The van der Waals surface area contributed by atoms with Crippen molar-refractivity contribution in [1.29, 1.82) is 0 Å². The van der Waals surface area contributed by atoms with Crippen LogP contribution in [0.2, 0.25) is 5.02 Å². The zero-order valence-corrected chi connectivity index (χ0v) is 10.4. The van der Waals surface area contributed by atoms with Crippen molar-refractivity contribution in [2.24, 2.45) is 5.92 Å². The second kappa shape index (κ2) is 3.90. The van der Waals surface area contributed by atoms with Crippen LogP contribution in [0, 0.1) is 10.7 Å². The maximum absolute atomic E-state index is 6.13. The minimum atomic E-state index is 0.744. The lowest BCUT2D eigenvalue weighted by molar-refractivity contribution is 0.603. The number of aryl methyl sites for hydroxylation is 1. The maximum atomic E-state index is 6.13. The van der Waals surface area contributed by atoms with Crippen LogP contribution < -0.4 is 0 Å². The van der Waals surface area contributed by atoms with Gasteiger partial charge in [-0.05, 0) is 36.7 Å². The molecule has 1 aromatic carbocycles. The summed E-state index contributed by atoms with van der Waals surface area (Å²) in [6, 6.07) is 5.93. The number of halogens is 1. The van der Waals surface area contributed by atoms with E-state index < -0.39 is 0 Å². The monoisotopic (exact) mass is 252 g/mol. The van der Waals surface area contributed by atoms with Gasteiger partial charge in [-0.25, -0.2) is 0 Å². The van der Waals surface area contributed by atoms with E-state index in [9.17, 15) is 0 Å². The van der Waals surface area contributed by atoms with Gasteiger partial charge in [-0.2, -0.15) is 0 Å². The summed E-state index contributed by atoms with van der Waals surface area (Å²) in [5, 5.41) is 0.744. The Hall–Kier alpha value is -0.800. The normalized spacial score (nSPS) is 15.8. The summed E-state index contributed by atoms with van der Waals surface area (Å²) < 4.78 is 2.94. The molecule has 1 heterocycles. The summed E-state index contributed by atoms with van der Waals surface area (Å²) in [7, 11) is 0. The van der Waals surface area contributed by atoms with E-state index in [4.69, 9.17) is 23.8 Å².